The fraction of sp³-hybridized carbons (Fsp3) is 1.00. The Kier molecular flexibility index (Phi) is 4.07. The van der Waals surface area contributed by atoms with Gasteiger partial charge in [0.1, 0.15) is 0 Å². The third kappa shape index (κ3) is 2.48. The van der Waals surface area contributed by atoms with Gasteiger partial charge in [-0.2, -0.15) is 0 Å². The van der Waals surface area contributed by atoms with Crippen LogP contribution >= 0.6 is 0 Å². The van der Waals surface area contributed by atoms with E-state index < -0.39 is 0 Å². The standard InChI is InChI=1S/C11H22O/c1-4-10(5-2)11-8-9(3)6-7-12-11/h9-11H,4-8H2,1-3H3. The normalized spacial score (nSPS) is 31.0. The van der Waals surface area contributed by atoms with Crippen molar-refractivity contribution in [3.05, 3.63) is 0 Å². The molecule has 0 aromatic rings. The van der Waals surface area contributed by atoms with Gasteiger partial charge >= 0.3 is 0 Å². The first kappa shape index (κ1) is 10.0. The van der Waals surface area contributed by atoms with Crippen LogP contribution in [-0.4, -0.2) is 12.7 Å². The Bertz CT molecular complexity index is 118. The monoisotopic (exact) mass is 170 g/mol. The van der Waals surface area contributed by atoms with E-state index in [1.165, 1.54) is 25.7 Å². The number of hydrogen-bond donors (Lipinski definition) is 0. The number of hydrogen-bond acceptors (Lipinski definition) is 1. The molecular formula is C11H22O. The highest BCUT2D eigenvalue weighted by Gasteiger charge is 2.24. The van der Waals surface area contributed by atoms with E-state index in [2.05, 4.69) is 20.8 Å². The molecule has 0 saturated carbocycles. The minimum atomic E-state index is 0.559. The minimum Gasteiger partial charge on any atom is -0.378 e. The van der Waals surface area contributed by atoms with E-state index in [9.17, 15) is 0 Å². The molecule has 72 valence electrons. The quantitative estimate of drug-likeness (QED) is 0.632. The molecule has 0 amide bonds. The van der Waals surface area contributed by atoms with E-state index in [4.69, 9.17) is 4.74 Å². The van der Waals surface area contributed by atoms with Gasteiger partial charge in [-0.15, -0.1) is 0 Å². The molecule has 0 aromatic carbocycles. The Labute approximate surface area is 76.5 Å². The lowest BCUT2D eigenvalue weighted by atomic mass is 9.87. The first-order valence-corrected chi connectivity index (χ1v) is 5.39. The van der Waals surface area contributed by atoms with Gasteiger partial charge in [-0.25, -0.2) is 0 Å². The zero-order valence-corrected chi connectivity index (χ0v) is 8.68. The molecule has 1 heterocycles. The van der Waals surface area contributed by atoms with Crippen molar-refractivity contribution >= 4 is 0 Å². The molecule has 0 aromatic heterocycles. The van der Waals surface area contributed by atoms with Crippen molar-refractivity contribution in [2.45, 2.75) is 52.6 Å². The molecule has 0 N–H and O–H groups in total. The van der Waals surface area contributed by atoms with Crippen molar-refractivity contribution in [1.29, 1.82) is 0 Å². The molecular weight excluding hydrogens is 148 g/mol. The van der Waals surface area contributed by atoms with Gasteiger partial charge in [-0.3, -0.25) is 0 Å². The van der Waals surface area contributed by atoms with Crippen LogP contribution in [0.5, 0.6) is 0 Å². The average molecular weight is 170 g/mol. The smallest absolute Gasteiger partial charge is 0.0605 e. The molecule has 1 heteroatoms. The van der Waals surface area contributed by atoms with Gasteiger partial charge in [0.25, 0.3) is 0 Å². The average Bonchev–Trinajstić information content (AvgIpc) is 2.07. The molecule has 1 aliphatic heterocycles. The minimum absolute atomic E-state index is 0.559. The van der Waals surface area contributed by atoms with Gasteiger partial charge in [-0.1, -0.05) is 33.6 Å². The van der Waals surface area contributed by atoms with E-state index in [1.54, 1.807) is 0 Å². The topological polar surface area (TPSA) is 9.23 Å². The second kappa shape index (κ2) is 4.86. The number of rotatable bonds is 3. The lowest BCUT2D eigenvalue weighted by molar-refractivity contribution is -0.0407. The summed E-state index contributed by atoms with van der Waals surface area (Å²) in [4.78, 5) is 0. The summed E-state index contributed by atoms with van der Waals surface area (Å²) < 4.78 is 5.79. The van der Waals surface area contributed by atoms with E-state index in [1.807, 2.05) is 0 Å². The second-order valence-electron chi connectivity index (χ2n) is 4.12. The first-order valence-electron chi connectivity index (χ1n) is 5.39. The molecule has 12 heavy (non-hydrogen) atoms. The first-order chi connectivity index (χ1) is 5.77. The Morgan fingerprint density at radius 2 is 2.00 bits per heavy atom. The van der Waals surface area contributed by atoms with Gasteiger partial charge in [0, 0.05) is 6.61 Å². The largest absolute Gasteiger partial charge is 0.378 e. The summed E-state index contributed by atoms with van der Waals surface area (Å²) in [6, 6.07) is 0. The van der Waals surface area contributed by atoms with E-state index in [0.717, 1.165) is 18.4 Å². The second-order valence-corrected chi connectivity index (χ2v) is 4.12. The lowest BCUT2D eigenvalue weighted by Crippen LogP contribution is -2.30. The zero-order chi connectivity index (χ0) is 8.97. The van der Waals surface area contributed by atoms with Gasteiger partial charge in [0.05, 0.1) is 6.10 Å². The van der Waals surface area contributed by atoms with E-state index in [-0.39, 0.29) is 0 Å². The molecule has 0 aliphatic carbocycles. The van der Waals surface area contributed by atoms with Crippen LogP contribution in [0.15, 0.2) is 0 Å². The highest BCUT2D eigenvalue weighted by molar-refractivity contribution is 4.74. The highest BCUT2D eigenvalue weighted by Crippen LogP contribution is 2.27. The lowest BCUT2D eigenvalue weighted by Gasteiger charge is -2.32. The molecule has 0 spiro atoms. The SMILES string of the molecule is CCC(CC)C1CC(C)CCO1. The maximum atomic E-state index is 5.79. The summed E-state index contributed by atoms with van der Waals surface area (Å²) in [7, 11) is 0. The molecule has 2 unspecified atom stereocenters. The van der Waals surface area contributed by atoms with Crippen LogP contribution in [0.1, 0.15) is 46.5 Å². The van der Waals surface area contributed by atoms with Crippen LogP contribution in [0.2, 0.25) is 0 Å². The fourth-order valence-electron chi connectivity index (χ4n) is 2.15. The van der Waals surface area contributed by atoms with Crippen molar-refractivity contribution in [1.82, 2.24) is 0 Å². The molecule has 1 aliphatic rings. The third-order valence-corrected chi connectivity index (χ3v) is 3.15. The van der Waals surface area contributed by atoms with Gasteiger partial charge in [0.15, 0.2) is 0 Å². The van der Waals surface area contributed by atoms with Crippen LogP contribution in [0.25, 0.3) is 0 Å². The predicted octanol–water partition coefficient (Wildman–Crippen LogP) is 3.24. The van der Waals surface area contributed by atoms with E-state index >= 15 is 0 Å². The van der Waals surface area contributed by atoms with Gasteiger partial charge < -0.3 is 4.74 Å². The van der Waals surface area contributed by atoms with Crippen molar-refractivity contribution in [2.75, 3.05) is 6.61 Å². The summed E-state index contributed by atoms with van der Waals surface area (Å²) in [5.41, 5.74) is 0. The number of ether oxygens (including phenoxy) is 1. The molecule has 2 atom stereocenters. The van der Waals surface area contributed by atoms with E-state index in [0.29, 0.717) is 6.10 Å². The molecule has 1 saturated heterocycles. The van der Waals surface area contributed by atoms with Crippen molar-refractivity contribution in [3.8, 4) is 0 Å². The summed E-state index contributed by atoms with van der Waals surface area (Å²) in [6.07, 6.45) is 5.65. The summed E-state index contributed by atoms with van der Waals surface area (Å²) in [5.74, 6) is 1.68. The van der Waals surface area contributed by atoms with Crippen molar-refractivity contribution in [2.24, 2.45) is 11.8 Å². The maximum absolute atomic E-state index is 5.79. The summed E-state index contributed by atoms with van der Waals surface area (Å²) in [5, 5.41) is 0. The molecule has 0 bridgehead atoms. The Morgan fingerprint density at radius 3 is 2.50 bits per heavy atom. The third-order valence-electron chi connectivity index (χ3n) is 3.15. The summed E-state index contributed by atoms with van der Waals surface area (Å²) >= 11 is 0. The Hall–Kier alpha value is -0.0400. The molecule has 1 fully saturated rings. The van der Waals surface area contributed by atoms with Crippen LogP contribution in [0.3, 0.4) is 0 Å². The molecule has 1 nitrogen and oxygen atoms in total. The highest BCUT2D eigenvalue weighted by atomic mass is 16.5. The van der Waals surface area contributed by atoms with Crippen LogP contribution in [0, 0.1) is 11.8 Å². The summed E-state index contributed by atoms with van der Waals surface area (Å²) in [6.45, 7) is 7.88. The zero-order valence-electron chi connectivity index (χ0n) is 8.68. The maximum Gasteiger partial charge on any atom is 0.0605 e. The van der Waals surface area contributed by atoms with Crippen LogP contribution < -0.4 is 0 Å². The molecule has 0 radical (unpaired) electrons. The fourth-order valence-corrected chi connectivity index (χ4v) is 2.15. The molecule has 1 rings (SSSR count). The van der Waals surface area contributed by atoms with Gasteiger partial charge in [0.2, 0.25) is 0 Å². The predicted molar refractivity (Wildman–Crippen MR) is 52.2 cm³/mol. The Balaban J connectivity index is 2.38. The van der Waals surface area contributed by atoms with Gasteiger partial charge in [-0.05, 0) is 24.7 Å². The van der Waals surface area contributed by atoms with Crippen LogP contribution in [-0.2, 0) is 4.74 Å². The Morgan fingerprint density at radius 1 is 1.33 bits per heavy atom. The van der Waals surface area contributed by atoms with Crippen molar-refractivity contribution in [3.63, 3.8) is 0 Å². The van der Waals surface area contributed by atoms with Crippen LogP contribution in [0.4, 0.5) is 0 Å². The van der Waals surface area contributed by atoms with Crippen molar-refractivity contribution < 1.29 is 4.74 Å².